The monoisotopic (exact) mass is 310 g/mol. The molecule has 2 aromatic rings. The van der Waals surface area contributed by atoms with Crippen LogP contribution in [0.4, 0.5) is 0 Å². The Labute approximate surface area is 114 Å². The van der Waals surface area contributed by atoms with Crippen molar-refractivity contribution < 1.29 is 9.26 Å². The van der Waals surface area contributed by atoms with E-state index in [2.05, 4.69) is 39.4 Å². The van der Waals surface area contributed by atoms with Gasteiger partial charge in [0.1, 0.15) is 18.6 Å². The van der Waals surface area contributed by atoms with Crippen molar-refractivity contribution in [1.82, 2.24) is 10.5 Å². The van der Waals surface area contributed by atoms with E-state index in [1.54, 1.807) is 12.5 Å². The minimum Gasteiger partial charge on any atom is -0.488 e. The molecule has 0 saturated carbocycles. The highest BCUT2D eigenvalue weighted by Crippen LogP contribution is 2.29. The van der Waals surface area contributed by atoms with Crippen molar-refractivity contribution in [3.63, 3.8) is 0 Å². The van der Waals surface area contributed by atoms with Crippen LogP contribution in [0.25, 0.3) is 0 Å². The van der Waals surface area contributed by atoms with Gasteiger partial charge < -0.3 is 14.6 Å². The molecular formula is C13H15BrN2O2. The third-order valence-electron chi connectivity index (χ3n) is 2.75. The summed E-state index contributed by atoms with van der Waals surface area (Å²) in [6.07, 6.45) is 3.24. The number of hydrogen-bond donors (Lipinski definition) is 1. The highest BCUT2D eigenvalue weighted by molar-refractivity contribution is 9.10. The normalized spacial score (nSPS) is 12.4. The molecule has 0 bridgehead atoms. The Morgan fingerprint density at radius 2 is 2.33 bits per heavy atom. The molecule has 1 atom stereocenters. The lowest BCUT2D eigenvalue weighted by molar-refractivity contribution is 0.298. The van der Waals surface area contributed by atoms with E-state index in [1.807, 2.05) is 19.2 Å². The van der Waals surface area contributed by atoms with Crippen molar-refractivity contribution in [1.29, 1.82) is 0 Å². The Kier molecular flexibility index (Phi) is 4.38. The van der Waals surface area contributed by atoms with E-state index in [4.69, 9.17) is 9.26 Å². The van der Waals surface area contributed by atoms with Crippen LogP contribution in [0.1, 0.15) is 24.1 Å². The van der Waals surface area contributed by atoms with E-state index in [9.17, 15) is 0 Å². The molecule has 4 nitrogen and oxygen atoms in total. The summed E-state index contributed by atoms with van der Waals surface area (Å²) in [5.74, 6) is 0.862. The first-order valence-electron chi connectivity index (χ1n) is 5.68. The Bertz CT molecular complexity index is 500. The van der Waals surface area contributed by atoms with Crippen LogP contribution in [0.2, 0.25) is 0 Å². The third-order valence-corrected chi connectivity index (χ3v) is 3.24. The summed E-state index contributed by atoms with van der Waals surface area (Å²) < 4.78 is 11.6. The van der Waals surface area contributed by atoms with Gasteiger partial charge >= 0.3 is 0 Å². The second kappa shape index (κ2) is 6.02. The van der Waals surface area contributed by atoms with Gasteiger partial charge in [-0.2, -0.15) is 0 Å². The zero-order valence-corrected chi connectivity index (χ0v) is 11.9. The average Bonchev–Trinajstić information content (AvgIpc) is 2.89. The molecule has 1 unspecified atom stereocenters. The van der Waals surface area contributed by atoms with Gasteiger partial charge in [0.05, 0.1) is 6.20 Å². The van der Waals surface area contributed by atoms with E-state index >= 15 is 0 Å². The predicted octanol–water partition coefficient (Wildman–Crippen LogP) is 3.30. The maximum atomic E-state index is 5.80. The topological polar surface area (TPSA) is 47.3 Å². The number of aromatic nitrogens is 1. The summed E-state index contributed by atoms with van der Waals surface area (Å²) in [6.45, 7) is 2.54. The quantitative estimate of drug-likeness (QED) is 0.920. The van der Waals surface area contributed by atoms with Gasteiger partial charge in [-0.1, -0.05) is 21.1 Å². The van der Waals surface area contributed by atoms with Crippen LogP contribution in [0, 0.1) is 0 Å². The van der Waals surface area contributed by atoms with Crippen molar-refractivity contribution in [2.24, 2.45) is 0 Å². The smallest absolute Gasteiger partial charge is 0.130 e. The van der Waals surface area contributed by atoms with Gasteiger partial charge in [-0.05, 0) is 32.2 Å². The lowest BCUT2D eigenvalue weighted by atomic mass is 10.1. The molecule has 18 heavy (non-hydrogen) atoms. The van der Waals surface area contributed by atoms with Crippen LogP contribution in [-0.2, 0) is 6.61 Å². The summed E-state index contributed by atoms with van der Waals surface area (Å²) in [5.41, 5.74) is 2.03. The van der Waals surface area contributed by atoms with E-state index in [0.29, 0.717) is 6.61 Å². The molecule has 0 aliphatic heterocycles. The molecular weight excluding hydrogens is 296 g/mol. The molecule has 0 amide bonds. The average molecular weight is 311 g/mol. The van der Waals surface area contributed by atoms with E-state index in [-0.39, 0.29) is 6.04 Å². The van der Waals surface area contributed by atoms with Crippen molar-refractivity contribution in [3.8, 4) is 5.75 Å². The summed E-state index contributed by atoms with van der Waals surface area (Å²) >= 11 is 3.48. The number of nitrogens with one attached hydrogen (secondary N) is 1. The Balaban J connectivity index is 2.16. The standard InChI is InChI=1S/C13H15BrN2O2/c1-9(15-2)12-5-11(14)3-4-13(12)17-7-10-6-16-18-8-10/h3-6,8-9,15H,7H2,1-2H3. The number of halogens is 1. The Morgan fingerprint density at radius 1 is 1.50 bits per heavy atom. The van der Waals surface area contributed by atoms with Crippen LogP contribution < -0.4 is 10.1 Å². The number of benzene rings is 1. The molecule has 1 aromatic carbocycles. The lowest BCUT2D eigenvalue weighted by Crippen LogP contribution is -2.13. The molecule has 96 valence electrons. The summed E-state index contributed by atoms with van der Waals surface area (Å²) in [6, 6.07) is 6.21. The maximum Gasteiger partial charge on any atom is 0.130 e. The molecule has 0 aliphatic carbocycles. The van der Waals surface area contributed by atoms with Crippen molar-refractivity contribution in [2.45, 2.75) is 19.6 Å². The van der Waals surface area contributed by atoms with Gasteiger partial charge in [0.25, 0.3) is 0 Å². The number of hydrogen-bond acceptors (Lipinski definition) is 4. The molecule has 1 N–H and O–H groups in total. The van der Waals surface area contributed by atoms with Gasteiger partial charge in [0, 0.05) is 21.6 Å². The minimum atomic E-state index is 0.222. The van der Waals surface area contributed by atoms with E-state index in [1.165, 1.54) is 0 Å². The molecule has 1 heterocycles. The van der Waals surface area contributed by atoms with Crippen LogP contribution in [0.5, 0.6) is 5.75 Å². The SMILES string of the molecule is CNC(C)c1cc(Br)ccc1OCc1cnoc1. The third kappa shape index (κ3) is 3.11. The van der Waals surface area contributed by atoms with Crippen molar-refractivity contribution in [3.05, 3.63) is 46.3 Å². The van der Waals surface area contributed by atoms with Crippen LogP contribution in [0.3, 0.4) is 0 Å². The van der Waals surface area contributed by atoms with Gasteiger partial charge in [0.15, 0.2) is 0 Å². The second-order valence-corrected chi connectivity index (χ2v) is 4.93. The van der Waals surface area contributed by atoms with Gasteiger partial charge in [0.2, 0.25) is 0 Å². The van der Waals surface area contributed by atoms with Gasteiger partial charge in [-0.15, -0.1) is 0 Å². The molecule has 1 aromatic heterocycles. The number of ether oxygens (including phenoxy) is 1. The Hall–Kier alpha value is -1.33. The largest absolute Gasteiger partial charge is 0.488 e. The van der Waals surface area contributed by atoms with Crippen LogP contribution in [-0.4, -0.2) is 12.2 Å². The van der Waals surface area contributed by atoms with E-state index < -0.39 is 0 Å². The first-order chi connectivity index (χ1) is 8.70. The fourth-order valence-corrected chi connectivity index (χ4v) is 1.98. The number of nitrogens with zero attached hydrogens (tertiary/aromatic N) is 1. The van der Waals surface area contributed by atoms with Crippen molar-refractivity contribution in [2.75, 3.05) is 7.05 Å². The molecule has 2 rings (SSSR count). The molecule has 0 aliphatic rings. The van der Waals surface area contributed by atoms with Gasteiger partial charge in [-0.25, -0.2) is 0 Å². The van der Waals surface area contributed by atoms with Crippen molar-refractivity contribution >= 4 is 15.9 Å². The zero-order valence-electron chi connectivity index (χ0n) is 10.3. The Morgan fingerprint density at radius 3 is 3.00 bits per heavy atom. The molecule has 0 fully saturated rings. The highest BCUT2D eigenvalue weighted by Gasteiger charge is 2.11. The zero-order chi connectivity index (χ0) is 13.0. The maximum absolute atomic E-state index is 5.80. The van der Waals surface area contributed by atoms with Gasteiger partial charge in [-0.3, -0.25) is 0 Å². The second-order valence-electron chi connectivity index (χ2n) is 4.01. The lowest BCUT2D eigenvalue weighted by Gasteiger charge is -2.16. The highest BCUT2D eigenvalue weighted by atomic mass is 79.9. The molecule has 0 spiro atoms. The first kappa shape index (κ1) is 13.1. The molecule has 0 radical (unpaired) electrons. The molecule has 5 heteroatoms. The molecule has 0 saturated heterocycles. The minimum absolute atomic E-state index is 0.222. The first-order valence-corrected chi connectivity index (χ1v) is 6.47. The summed E-state index contributed by atoms with van der Waals surface area (Å²) in [4.78, 5) is 0. The summed E-state index contributed by atoms with van der Waals surface area (Å²) in [5, 5.41) is 6.86. The van der Waals surface area contributed by atoms with E-state index in [0.717, 1.165) is 21.3 Å². The summed E-state index contributed by atoms with van der Waals surface area (Å²) in [7, 11) is 1.93. The fraction of sp³-hybridized carbons (Fsp3) is 0.308. The van der Waals surface area contributed by atoms with Crippen LogP contribution in [0.15, 0.2) is 39.7 Å². The predicted molar refractivity (Wildman–Crippen MR) is 72.5 cm³/mol. The fourth-order valence-electron chi connectivity index (χ4n) is 1.60. The van der Waals surface area contributed by atoms with Crippen LogP contribution >= 0.6 is 15.9 Å². The number of rotatable bonds is 5.